The highest BCUT2D eigenvalue weighted by molar-refractivity contribution is 7.08. The third-order valence-corrected chi connectivity index (χ3v) is 2.26. The fourth-order valence-electron chi connectivity index (χ4n) is 0.855. The van der Waals surface area contributed by atoms with Crippen LogP contribution in [0.5, 0.6) is 0 Å². The quantitative estimate of drug-likeness (QED) is 0.721. The molecule has 0 fully saturated rings. The van der Waals surface area contributed by atoms with Crippen molar-refractivity contribution >= 4 is 23.7 Å². The maximum atomic E-state index is 10.5. The van der Waals surface area contributed by atoms with E-state index in [4.69, 9.17) is 5.73 Å². The minimum atomic E-state index is 0.650. The van der Waals surface area contributed by atoms with Gasteiger partial charge in [0.15, 0.2) is 6.29 Å². The van der Waals surface area contributed by atoms with Crippen LogP contribution in [0.4, 0.5) is 0 Å². The van der Waals surface area contributed by atoms with E-state index in [0.717, 1.165) is 23.8 Å². The molecule has 0 unspecified atom stereocenters. The lowest BCUT2D eigenvalue weighted by Gasteiger charge is -1.87. The van der Waals surface area contributed by atoms with Crippen LogP contribution in [0.3, 0.4) is 0 Å². The Morgan fingerprint density at radius 3 is 2.83 bits per heavy atom. The second-order valence-corrected chi connectivity index (χ2v) is 3.12. The maximum absolute atomic E-state index is 10.5. The predicted octanol–water partition coefficient (Wildman–Crippen LogP) is 1.92. The fraction of sp³-hybridized carbons (Fsp3) is 0.222. The van der Waals surface area contributed by atoms with Crippen molar-refractivity contribution in [1.29, 1.82) is 0 Å². The lowest BCUT2D eigenvalue weighted by molar-refractivity contribution is 0.112. The molecule has 1 aromatic heterocycles. The van der Waals surface area contributed by atoms with Crippen molar-refractivity contribution in [3.05, 3.63) is 28.0 Å². The molecule has 1 heterocycles. The number of carbonyl (C=O) groups excluding carboxylic acids is 1. The summed E-state index contributed by atoms with van der Waals surface area (Å²) in [5.41, 5.74) is 7.07. The molecule has 0 aliphatic heterocycles. The van der Waals surface area contributed by atoms with Crippen molar-refractivity contribution in [3.63, 3.8) is 0 Å². The van der Waals surface area contributed by atoms with E-state index in [9.17, 15) is 4.79 Å². The summed E-state index contributed by atoms with van der Waals surface area (Å²) in [7, 11) is 0. The molecule has 1 rings (SSSR count). The van der Waals surface area contributed by atoms with E-state index in [1.54, 1.807) is 0 Å². The summed E-state index contributed by atoms with van der Waals surface area (Å²) in [6.07, 6.45) is 5.65. The van der Waals surface area contributed by atoms with Gasteiger partial charge in [0.1, 0.15) is 0 Å². The molecule has 3 heteroatoms. The topological polar surface area (TPSA) is 43.1 Å². The Labute approximate surface area is 75.7 Å². The number of nitrogens with two attached hydrogens (primary N) is 1. The summed E-state index contributed by atoms with van der Waals surface area (Å²) < 4.78 is 0. The monoisotopic (exact) mass is 181 g/mol. The van der Waals surface area contributed by atoms with Crippen molar-refractivity contribution in [2.45, 2.75) is 6.42 Å². The molecule has 0 radical (unpaired) electrons. The Morgan fingerprint density at radius 2 is 2.17 bits per heavy atom. The number of rotatable bonds is 4. The summed E-state index contributed by atoms with van der Waals surface area (Å²) in [4.78, 5) is 10.5. The summed E-state index contributed by atoms with van der Waals surface area (Å²) in [6.45, 7) is 0.650. The molecule has 12 heavy (non-hydrogen) atoms. The average molecular weight is 181 g/mol. The van der Waals surface area contributed by atoms with Gasteiger partial charge >= 0.3 is 0 Å². The second kappa shape index (κ2) is 4.85. The predicted molar refractivity (Wildman–Crippen MR) is 52.4 cm³/mol. The second-order valence-electron chi connectivity index (χ2n) is 2.38. The maximum Gasteiger partial charge on any atom is 0.151 e. The summed E-state index contributed by atoms with van der Waals surface area (Å²) in [6, 6.07) is 0. The Kier molecular flexibility index (Phi) is 3.70. The van der Waals surface area contributed by atoms with Crippen molar-refractivity contribution < 1.29 is 4.79 Å². The third kappa shape index (κ3) is 2.29. The first kappa shape index (κ1) is 9.16. The Bertz CT molecular complexity index is 278. The van der Waals surface area contributed by atoms with Crippen LogP contribution >= 0.6 is 11.3 Å². The van der Waals surface area contributed by atoms with Crippen LogP contribution < -0.4 is 5.73 Å². The zero-order valence-electron chi connectivity index (χ0n) is 6.69. The molecule has 2 nitrogen and oxygen atoms in total. The van der Waals surface area contributed by atoms with Crippen LogP contribution in [0.25, 0.3) is 6.08 Å². The molecule has 2 N–H and O–H groups in total. The standard InChI is InChI=1S/C9H11NOS/c10-4-2-1-3-8-6-12-7-9(8)5-11/h1,3,5-7H,2,4,10H2. The lowest BCUT2D eigenvalue weighted by atomic mass is 10.2. The number of aldehydes is 1. The lowest BCUT2D eigenvalue weighted by Crippen LogP contribution is -1.94. The molecule has 0 spiro atoms. The minimum absolute atomic E-state index is 0.650. The van der Waals surface area contributed by atoms with E-state index < -0.39 is 0 Å². The highest BCUT2D eigenvalue weighted by Crippen LogP contribution is 2.14. The van der Waals surface area contributed by atoms with Crippen molar-refractivity contribution in [1.82, 2.24) is 0 Å². The number of carbonyl (C=O) groups is 1. The molecule has 0 aliphatic carbocycles. The average Bonchev–Trinajstić information content (AvgIpc) is 2.52. The van der Waals surface area contributed by atoms with E-state index in [1.165, 1.54) is 11.3 Å². The first-order valence-corrected chi connectivity index (χ1v) is 4.70. The smallest absolute Gasteiger partial charge is 0.151 e. The molecule has 64 valence electrons. The van der Waals surface area contributed by atoms with Crippen molar-refractivity contribution in [3.8, 4) is 0 Å². The van der Waals surface area contributed by atoms with Crippen LogP contribution in [0.15, 0.2) is 16.8 Å². The Balaban J connectivity index is 2.67. The van der Waals surface area contributed by atoms with Gasteiger partial charge in [0.2, 0.25) is 0 Å². The van der Waals surface area contributed by atoms with Gasteiger partial charge < -0.3 is 5.73 Å². The number of thiophene rings is 1. The Morgan fingerprint density at radius 1 is 1.42 bits per heavy atom. The summed E-state index contributed by atoms with van der Waals surface area (Å²) >= 11 is 1.54. The minimum Gasteiger partial charge on any atom is -0.330 e. The molecule has 0 bridgehead atoms. The highest BCUT2D eigenvalue weighted by atomic mass is 32.1. The molecule has 0 aromatic carbocycles. The third-order valence-electron chi connectivity index (χ3n) is 1.48. The first-order chi connectivity index (χ1) is 5.88. The number of hydrogen-bond donors (Lipinski definition) is 1. The van der Waals surface area contributed by atoms with E-state index in [1.807, 2.05) is 22.9 Å². The van der Waals surface area contributed by atoms with E-state index in [-0.39, 0.29) is 0 Å². The van der Waals surface area contributed by atoms with E-state index >= 15 is 0 Å². The van der Waals surface area contributed by atoms with Crippen molar-refractivity contribution in [2.75, 3.05) is 6.54 Å². The van der Waals surface area contributed by atoms with Crippen LogP contribution in [0.2, 0.25) is 0 Å². The molecular weight excluding hydrogens is 170 g/mol. The van der Waals surface area contributed by atoms with Crippen LogP contribution in [0, 0.1) is 0 Å². The molecule has 0 saturated heterocycles. The molecule has 0 amide bonds. The molecule has 1 aromatic rings. The SMILES string of the molecule is NCCC=Cc1cscc1C=O. The van der Waals surface area contributed by atoms with Gasteiger partial charge in [0, 0.05) is 10.9 Å². The van der Waals surface area contributed by atoms with Crippen LogP contribution in [0.1, 0.15) is 22.3 Å². The highest BCUT2D eigenvalue weighted by Gasteiger charge is 1.96. The number of hydrogen-bond acceptors (Lipinski definition) is 3. The van der Waals surface area contributed by atoms with Gasteiger partial charge in [-0.3, -0.25) is 4.79 Å². The molecule has 0 atom stereocenters. The van der Waals surface area contributed by atoms with Crippen molar-refractivity contribution in [2.24, 2.45) is 5.73 Å². The van der Waals surface area contributed by atoms with Crippen LogP contribution in [-0.2, 0) is 0 Å². The Hall–Kier alpha value is -0.930. The first-order valence-electron chi connectivity index (χ1n) is 3.76. The van der Waals surface area contributed by atoms with Gasteiger partial charge in [-0.05, 0) is 23.9 Å². The van der Waals surface area contributed by atoms with E-state index in [2.05, 4.69) is 0 Å². The van der Waals surface area contributed by atoms with E-state index in [0.29, 0.717) is 6.54 Å². The zero-order valence-corrected chi connectivity index (χ0v) is 7.51. The van der Waals surface area contributed by atoms with Crippen LogP contribution in [-0.4, -0.2) is 12.8 Å². The van der Waals surface area contributed by atoms with Gasteiger partial charge in [-0.2, -0.15) is 11.3 Å². The van der Waals surface area contributed by atoms with Gasteiger partial charge in [0.05, 0.1) is 0 Å². The fourth-order valence-corrected chi connectivity index (χ4v) is 1.62. The van der Waals surface area contributed by atoms with Gasteiger partial charge in [-0.1, -0.05) is 12.2 Å². The summed E-state index contributed by atoms with van der Waals surface area (Å²) in [5, 5.41) is 3.80. The molecular formula is C9H11NOS. The molecule has 0 saturated carbocycles. The van der Waals surface area contributed by atoms with Gasteiger partial charge in [-0.25, -0.2) is 0 Å². The van der Waals surface area contributed by atoms with Gasteiger partial charge in [0.25, 0.3) is 0 Å². The van der Waals surface area contributed by atoms with Gasteiger partial charge in [-0.15, -0.1) is 0 Å². The largest absolute Gasteiger partial charge is 0.330 e. The zero-order chi connectivity index (χ0) is 8.81. The summed E-state index contributed by atoms with van der Waals surface area (Å²) in [5.74, 6) is 0. The normalized spacial score (nSPS) is 10.8. The molecule has 0 aliphatic rings.